The highest BCUT2D eigenvalue weighted by Crippen LogP contribution is 2.39. The molecule has 0 atom stereocenters. The molecule has 2 rings (SSSR count). The minimum Gasteiger partial charge on any atom is -0.493 e. The van der Waals surface area contributed by atoms with Crippen molar-refractivity contribution in [3.05, 3.63) is 35.9 Å². The molecule has 0 aliphatic heterocycles. The van der Waals surface area contributed by atoms with Gasteiger partial charge < -0.3 is 9.84 Å². The summed E-state index contributed by atoms with van der Waals surface area (Å²) < 4.78 is 43.4. The maximum absolute atomic E-state index is 12.6. The Balaban J connectivity index is 1.77. The smallest absolute Gasteiger partial charge is 0.391 e. The van der Waals surface area contributed by atoms with E-state index in [0.717, 1.165) is 11.6 Å². The van der Waals surface area contributed by atoms with Crippen LogP contribution in [-0.2, 0) is 4.79 Å². The molecule has 0 saturated heterocycles. The zero-order valence-electron chi connectivity index (χ0n) is 12.6. The molecule has 1 fully saturated rings. The predicted octanol–water partition coefficient (Wildman–Crippen LogP) is 4.53. The van der Waals surface area contributed by atoms with E-state index in [4.69, 9.17) is 9.84 Å². The molecule has 1 N–H and O–H groups in total. The van der Waals surface area contributed by atoms with Gasteiger partial charge >= 0.3 is 12.1 Å². The topological polar surface area (TPSA) is 46.5 Å². The Morgan fingerprint density at radius 1 is 1.17 bits per heavy atom. The van der Waals surface area contributed by atoms with Gasteiger partial charge in [0, 0.05) is 6.08 Å². The third kappa shape index (κ3) is 5.62. The fraction of sp³-hybridized carbons (Fsp3) is 0.471. The van der Waals surface area contributed by atoms with Gasteiger partial charge in [-0.3, -0.25) is 0 Å². The highest BCUT2D eigenvalue weighted by Gasteiger charge is 2.41. The first-order valence-corrected chi connectivity index (χ1v) is 7.55. The van der Waals surface area contributed by atoms with Crippen molar-refractivity contribution in [1.82, 2.24) is 0 Å². The molecule has 1 aliphatic rings. The largest absolute Gasteiger partial charge is 0.493 e. The minimum atomic E-state index is -4.08. The van der Waals surface area contributed by atoms with Crippen molar-refractivity contribution in [1.29, 1.82) is 0 Å². The van der Waals surface area contributed by atoms with Gasteiger partial charge in [0.1, 0.15) is 5.75 Å². The fourth-order valence-electron chi connectivity index (χ4n) is 2.71. The first-order valence-electron chi connectivity index (χ1n) is 7.55. The second-order valence-electron chi connectivity index (χ2n) is 5.81. The zero-order chi connectivity index (χ0) is 16.9. The van der Waals surface area contributed by atoms with Crippen LogP contribution in [0.3, 0.4) is 0 Å². The van der Waals surface area contributed by atoms with Crippen LogP contribution in [0.1, 0.15) is 31.2 Å². The van der Waals surface area contributed by atoms with Gasteiger partial charge in [-0.15, -0.1) is 0 Å². The summed E-state index contributed by atoms with van der Waals surface area (Å²) in [6, 6.07) is 6.91. The molecule has 0 heterocycles. The first-order chi connectivity index (χ1) is 10.8. The Hall–Kier alpha value is -1.98. The van der Waals surface area contributed by atoms with E-state index in [9.17, 15) is 18.0 Å². The Morgan fingerprint density at radius 2 is 1.78 bits per heavy atom. The van der Waals surface area contributed by atoms with E-state index in [2.05, 4.69) is 0 Å². The van der Waals surface area contributed by atoms with Crippen LogP contribution in [0.2, 0.25) is 0 Å². The van der Waals surface area contributed by atoms with Gasteiger partial charge in [-0.1, -0.05) is 12.1 Å². The number of halogens is 3. The van der Waals surface area contributed by atoms with Crippen LogP contribution >= 0.6 is 0 Å². The molecular formula is C17H19F3O3. The number of carbonyl (C=O) groups is 1. The molecule has 1 aliphatic carbocycles. The van der Waals surface area contributed by atoms with E-state index in [1.807, 2.05) is 0 Å². The molecule has 0 bridgehead atoms. The van der Waals surface area contributed by atoms with Gasteiger partial charge in [0.2, 0.25) is 0 Å². The zero-order valence-corrected chi connectivity index (χ0v) is 12.6. The second kappa shape index (κ2) is 7.53. The predicted molar refractivity (Wildman–Crippen MR) is 80.1 cm³/mol. The van der Waals surface area contributed by atoms with E-state index in [0.29, 0.717) is 25.2 Å². The van der Waals surface area contributed by atoms with Crippen molar-refractivity contribution in [2.45, 2.75) is 31.9 Å². The van der Waals surface area contributed by atoms with Gasteiger partial charge in [-0.05, 0) is 55.4 Å². The third-order valence-electron chi connectivity index (χ3n) is 4.09. The summed E-state index contributed by atoms with van der Waals surface area (Å²) in [5.74, 6) is -1.39. The average molecular weight is 328 g/mol. The molecule has 3 nitrogen and oxygen atoms in total. The van der Waals surface area contributed by atoms with Gasteiger partial charge in [0.15, 0.2) is 0 Å². The molecule has 23 heavy (non-hydrogen) atoms. The number of carboxylic acid groups (broad SMARTS) is 1. The summed E-state index contributed by atoms with van der Waals surface area (Å²) in [5.41, 5.74) is 0.741. The van der Waals surface area contributed by atoms with Gasteiger partial charge in [-0.25, -0.2) is 4.79 Å². The molecule has 1 aromatic rings. The monoisotopic (exact) mass is 328 g/mol. The van der Waals surface area contributed by atoms with Crippen LogP contribution in [0.15, 0.2) is 30.3 Å². The number of alkyl halides is 3. The van der Waals surface area contributed by atoms with E-state index in [-0.39, 0.29) is 18.8 Å². The van der Waals surface area contributed by atoms with Crippen molar-refractivity contribution in [2.24, 2.45) is 11.8 Å². The lowest BCUT2D eigenvalue weighted by molar-refractivity contribution is -0.184. The number of hydrogen-bond donors (Lipinski definition) is 1. The van der Waals surface area contributed by atoms with Crippen molar-refractivity contribution >= 4 is 12.0 Å². The minimum absolute atomic E-state index is 0.153. The number of rotatable bonds is 5. The van der Waals surface area contributed by atoms with E-state index in [1.165, 1.54) is 6.08 Å². The number of aliphatic carboxylic acids is 1. The highest BCUT2D eigenvalue weighted by molar-refractivity contribution is 5.85. The van der Waals surface area contributed by atoms with E-state index < -0.39 is 18.1 Å². The van der Waals surface area contributed by atoms with Crippen LogP contribution in [0.4, 0.5) is 13.2 Å². The quantitative estimate of drug-likeness (QED) is 0.808. The third-order valence-corrected chi connectivity index (χ3v) is 4.09. The SMILES string of the molecule is O=C(O)C=Cc1ccc(OCC2CCC(C(F)(F)F)CC2)cc1. The van der Waals surface area contributed by atoms with Gasteiger partial charge in [0.25, 0.3) is 0 Å². The van der Waals surface area contributed by atoms with Crippen LogP contribution < -0.4 is 4.74 Å². The number of benzene rings is 1. The molecule has 0 radical (unpaired) electrons. The van der Waals surface area contributed by atoms with Gasteiger partial charge in [-0.2, -0.15) is 13.2 Å². The Bertz CT molecular complexity index is 541. The number of carboxylic acids is 1. The molecule has 126 valence electrons. The summed E-state index contributed by atoms with van der Waals surface area (Å²) >= 11 is 0. The molecule has 1 aromatic carbocycles. The molecular weight excluding hydrogens is 309 g/mol. The van der Waals surface area contributed by atoms with Crippen LogP contribution in [0.25, 0.3) is 6.08 Å². The van der Waals surface area contributed by atoms with E-state index >= 15 is 0 Å². The van der Waals surface area contributed by atoms with Gasteiger partial charge in [0.05, 0.1) is 12.5 Å². The summed E-state index contributed by atoms with van der Waals surface area (Å²) in [7, 11) is 0. The van der Waals surface area contributed by atoms with Crippen molar-refractivity contribution < 1.29 is 27.8 Å². The maximum atomic E-state index is 12.6. The second-order valence-corrected chi connectivity index (χ2v) is 5.81. The number of hydrogen-bond acceptors (Lipinski definition) is 2. The lowest BCUT2D eigenvalue weighted by Crippen LogP contribution is -2.29. The summed E-state index contributed by atoms with van der Waals surface area (Å²) in [5, 5.41) is 8.54. The molecule has 1 saturated carbocycles. The normalized spacial score (nSPS) is 22.2. The summed E-state index contributed by atoms with van der Waals surface area (Å²) in [6.45, 7) is 0.412. The molecule has 6 heteroatoms. The first kappa shape index (κ1) is 17.4. The van der Waals surface area contributed by atoms with Crippen LogP contribution in [0, 0.1) is 11.8 Å². The molecule has 0 aromatic heterocycles. The average Bonchev–Trinajstić information content (AvgIpc) is 2.51. The van der Waals surface area contributed by atoms with Crippen molar-refractivity contribution in [3.63, 3.8) is 0 Å². The lowest BCUT2D eigenvalue weighted by atomic mass is 9.82. The van der Waals surface area contributed by atoms with Crippen molar-refractivity contribution in [2.75, 3.05) is 6.61 Å². The molecule has 0 spiro atoms. The van der Waals surface area contributed by atoms with Crippen LogP contribution in [0.5, 0.6) is 5.75 Å². The lowest BCUT2D eigenvalue weighted by Gasteiger charge is -2.29. The van der Waals surface area contributed by atoms with Crippen molar-refractivity contribution in [3.8, 4) is 5.75 Å². The Kier molecular flexibility index (Phi) is 5.69. The highest BCUT2D eigenvalue weighted by atomic mass is 19.4. The summed E-state index contributed by atoms with van der Waals surface area (Å²) in [6.07, 6.45) is -0.134. The van der Waals surface area contributed by atoms with E-state index in [1.54, 1.807) is 24.3 Å². The Morgan fingerprint density at radius 3 is 2.30 bits per heavy atom. The fourth-order valence-corrected chi connectivity index (χ4v) is 2.71. The summed E-state index contributed by atoms with van der Waals surface area (Å²) in [4.78, 5) is 10.4. The Labute approximate surface area is 132 Å². The standard InChI is InChI=1S/C17H19F3O3/c18-17(19,20)14-6-1-13(2-7-14)11-23-15-8-3-12(4-9-15)5-10-16(21)22/h3-5,8-10,13-14H,1-2,6-7,11H2,(H,21,22). The van der Waals surface area contributed by atoms with Crippen LogP contribution in [-0.4, -0.2) is 23.9 Å². The molecule has 0 unspecified atom stereocenters. The number of ether oxygens (including phenoxy) is 1. The maximum Gasteiger partial charge on any atom is 0.391 e. The molecule has 0 amide bonds.